The van der Waals surface area contributed by atoms with Crippen LogP contribution in [0.15, 0.2) is 42.6 Å². The number of carbonyl (C=O) groups excluding carboxylic acids is 2. The molecule has 11 heteroatoms. The summed E-state index contributed by atoms with van der Waals surface area (Å²) < 4.78 is 44.6. The lowest BCUT2D eigenvalue weighted by atomic mass is 9.87. The summed E-state index contributed by atoms with van der Waals surface area (Å²) in [6.45, 7) is 2.67. The maximum absolute atomic E-state index is 13.9. The van der Waals surface area contributed by atoms with E-state index in [0.29, 0.717) is 48.3 Å². The third-order valence-electron chi connectivity index (χ3n) is 6.66. The van der Waals surface area contributed by atoms with E-state index in [9.17, 15) is 22.8 Å². The van der Waals surface area contributed by atoms with E-state index in [-0.39, 0.29) is 24.6 Å². The van der Waals surface area contributed by atoms with Gasteiger partial charge in [0.15, 0.2) is 0 Å². The van der Waals surface area contributed by atoms with Crippen LogP contribution in [0.25, 0.3) is 10.9 Å². The fraction of sp³-hybridized carbons (Fsp3) is 0.385. The Morgan fingerprint density at radius 1 is 1.16 bits per heavy atom. The Kier molecular flexibility index (Phi) is 7.63. The molecule has 3 aromatic rings. The van der Waals surface area contributed by atoms with Gasteiger partial charge in [-0.1, -0.05) is 0 Å². The molecule has 1 atom stereocenters. The molecule has 4 rings (SSSR count). The minimum atomic E-state index is -4.53. The van der Waals surface area contributed by atoms with Gasteiger partial charge in [-0.15, -0.1) is 0 Å². The van der Waals surface area contributed by atoms with Crippen molar-refractivity contribution in [2.75, 3.05) is 18.9 Å². The fourth-order valence-corrected chi connectivity index (χ4v) is 4.63. The summed E-state index contributed by atoms with van der Waals surface area (Å²) >= 11 is 0. The number of pyridine rings is 2. The number of nitrogens with two attached hydrogens (primary N) is 2. The van der Waals surface area contributed by atoms with E-state index >= 15 is 0 Å². The number of alkyl halides is 3. The molecule has 0 saturated carbocycles. The van der Waals surface area contributed by atoms with E-state index in [0.717, 1.165) is 17.8 Å². The summed E-state index contributed by atoms with van der Waals surface area (Å²) in [4.78, 5) is 35.8. The Bertz CT molecular complexity index is 1290. The zero-order valence-corrected chi connectivity index (χ0v) is 20.3. The van der Waals surface area contributed by atoms with Crippen molar-refractivity contribution < 1.29 is 27.5 Å². The van der Waals surface area contributed by atoms with Crippen molar-refractivity contribution in [3.05, 3.63) is 65.0 Å². The summed E-state index contributed by atoms with van der Waals surface area (Å²) in [6.07, 6.45) is -2.66. The average Bonchev–Trinajstić information content (AvgIpc) is 2.86. The predicted molar refractivity (Wildman–Crippen MR) is 131 cm³/mol. The second kappa shape index (κ2) is 10.7. The van der Waals surface area contributed by atoms with Gasteiger partial charge in [-0.3, -0.25) is 14.6 Å². The topological polar surface area (TPSA) is 124 Å². The van der Waals surface area contributed by atoms with Gasteiger partial charge in [0.1, 0.15) is 5.82 Å². The second-order valence-corrected chi connectivity index (χ2v) is 9.25. The first-order chi connectivity index (χ1) is 17.5. The third-order valence-corrected chi connectivity index (χ3v) is 6.66. The molecule has 1 fully saturated rings. The van der Waals surface area contributed by atoms with Crippen LogP contribution in [0.5, 0.6) is 0 Å². The Balaban J connectivity index is 1.73. The van der Waals surface area contributed by atoms with Crippen LogP contribution in [0.4, 0.5) is 19.0 Å². The maximum atomic E-state index is 13.9. The first-order valence-corrected chi connectivity index (χ1v) is 11.9. The lowest BCUT2D eigenvalue weighted by Crippen LogP contribution is -2.47. The lowest BCUT2D eigenvalue weighted by Gasteiger charge is -2.38. The fourth-order valence-electron chi connectivity index (χ4n) is 4.63. The number of hydrogen-bond donors (Lipinski definition) is 2. The van der Waals surface area contributed by atoms with Gasteiger partial charge in [-0.05, 0) is 67.6 Å². The predicted octanol–water partition coefficient (Wildman–Crippen LogP) is 3.85. The standard InChI is InChI=1S/C26H28F3N5O3/c1-15-10-18-11-17(2-5-21(18)33-24(15)31)25(36)34(14-20-4-3-19(13-32-20)26(27,28)29)22(12-23(30)35)16-6-8-37-9-7-16/h2-5,10-11,13,16,22H,6-9,12,14H2,1H3,(H2,30,35)(H2,31,33)/t22-/m0/s1. The highest BCUT2D eigenvalue weighted by Crippen LogP contribution is 2.31. The number of aryl methyl sites for hydroxylation is 1. The van der Waals surface area contributed by atoms with Gasteiger partial charge in [-0.25, -0.2) is 4.98 Å². The van der Waals surface area contributed by atoms with Gasteiger partial charge in [-0.2, -0.15) is 13.2 Å². The summed E-state index contributed by atoms with van der Waals surface area (Å²) in [5.74, 6) is -0.661. The van der Waals surface area contributed by atoms with Gasteiger partial charge < -0.3 is 21.1 Å². The first-order valence-electron chi connectivity index (χ1n) is 11.9. The zero-order chi connectivity index (χ0) is 26.7. The van der Waals surface area contributed by atoms with Crippen LogP contribution in [-0.4, -0.2) is 45.9 Å². The van der Waals surface area contributed by atoms with Crippen LogP contribution in [0, 0.1) is 12.8 Å². The van der Waals surface area contributed by atoms with Crippen LogP contribution in [-0.2, 0) is 22.3 Å². The van der Waals surface area contributed by atoms with Crippen molar-refractivity contribution in [2.24, 2.45) is 11.7 Å². The summed E-state index contributed by atoms with van der Waals surface area (Å²) in [5, 5.41) is 0.711. The molecule has 0 radical (unpaired) electrons. The van der Waals surface area contributed by atoms with Crippen molar-refractivity contribution in [2.45, 2.75) is 44.9 Å². The van der Waals surface area contributed by atoms with Crippen LogP contribution in [0.3, 0.4) is 0 Å². The van der Waals surface area contributed by atoms with Gasteiger partial charge in [0, 0.05) is 42.8 Å². The Morgan fingerprint density at radius 3 is 2.51 bits per heavy atom. The number of nitrogens with zero attached hydrogens (tertiary/aromatic N) is 3. The monoisotopic (exact) mass is 515 g/mol. The summed E-state index contributed by atoms with van der Waals surface area (Å²) in [7, 11) is 0. The van der Waals surface area contributed by atoms with E-state index in [2.05, 4.69) is 9.97 Å². The van der Waals surface area contributed by atoms with Crippen molar-refractivity contribution in [3.63, 3.8) is 0 Å². The highest BCUT2D eigenvalue weighted by atomic mass is 19.4. The first kappa shape index (κ1) is 26.3. The van der Waals surface area contributed by atoms with E-state index in [1.165, 1.54) is 11.0 Å². The van der Waals surface area contributed by atoms with Crippen LogP contribution >= 0.6 is 0 Å². The molecule has 0 aliphatic carbocycles. The average molecular weight is 516 g/mol. The number of hydrogen-bond acceptors (Lipinski definition) is 6. The minimum absolute atomic E-state index is 0.0798. The molecular formula is C26H28F3N5O3. The quantitative estimate of drug-likeness (QED) is 0.493. The second-order valence-electron chi connectivity index (χ2n) is 9.25. The highest BCUT2D eigenvalue weighted by Gasteiger charge is 2.35. The number of anilines is 1. The molecule has 1 aliphatic rings. The lowest BCUT2D eigenvalue weighted by molar-refractivity contribution is -0.137. The zero-order valence-electron chi connectivity index (χ0n) is 20.3. The Hall–Kier alpha value is -3.73. The molecule has 2 amide bonds. The number of carbonyl (C=O) groups is 2. The van der Waals surface area contributed by atoms with Crippen LogP contribution < -0.4 is 11.5 Å². The summed E-state index contributed by atoms with van der Waals surface area (Å²) in [6, 6.07) is 8.41. The normalized spacial score (nSPS) is 15.5. The number of benzene rings is 1. The largest absolute Gasteiger partial charge is 0.417 e. The number of fused-ring (bicyclic) bond motifs is 1. The number of ether oxygens (including phenoxy) is 1. The molecule has 4 N–H and O–H groups in total. The van der Waals surface area contributed by atoms with Crippen molar-refractivity contribution in [1.82, 2.24) is 14.9 Å². The van der Waals surface area contributed by atoms with Gasteiger partial charge in [0.05, 0.1) is 23.3 Å². The maximum Gasteiger partial charge on any atom is 0.417 e. The molecule has 0 spiro atoms. The molecule has 196 valence electrons. The van der Waals surface area contributed by atoms with Crippen molar-refractivity contribution >= 4 is 28.5 Å². The van der Waals surface area contributed by atoms with Crippen molar-refractivity contribution in [1.29, 1.82) is 0 Å². The SMILES string of the molecule is Cc1cc2cc(C(=O)N(Cc3ccc(C(F)(F)F)cn3)[C@@H](CC(N)=O)C3CCOCC3)ccc2nc1N. The van der Waals surface area contributed by atoms with Crippen LogP contribution in [0.1, 0.15) is 46.4 Å². The number of aromatic nitrogens is 2. The molecule has 2 aromatic heterocycles. The number of nitrogen functional groups attached to an aromatic ring is 1. The van der Waals surface area contributed by atoms with Gasteiger partial charge >= 0.3 is 6.18 Å². The Morgan fingerprint density at radius 2 is 1.89 bits per heavy atom. The number of primary amides is 1. The molecule has 0 unspecified atom stereocenters. The van der Waals surface area contributed by atoms with E-state index in [4.69, 9.17) is 16.2 Å². The van der Waals surface area contributed by atoms with E-state index in [1.54, 1.807) is 18.2 Å². The van der Waals surface area contributed by atoms with Gasteiger partial charge in [0.2, 0.25) is 5.91 Å². The van der Waals surface area contributed by atoms with Gasteiger partial charge in [0.25, 0.3) is 5.91 Å². The molecule has 1 aromatic carbocycles. The molecule has 3 heterocycles. The number of halogens is 3. The Labute approximate surface area is 211 Å². The molecule has 1 saturated heterocycles. The third kappa shape index (κ3) is 6.16. The van der Waals surface area contributed by atoms with Crippen molar-refractivity contribution in [3.8, 4) is 0 Å². The molecule has 37 heavy (non-hydrogen) atoms. The number of rotatable bonds is 7. The smallest absolute Gasteiger partial charge is 0.383 e. The van der Waals surface area contributed by atoms with Crippen LogP contribution in [0.2, 0.25) is 0 Å². The van der Waals surface area contributed by atoms with E-state index < -0.39 is 29.6 Å². The minimum Gasteiger partial charge on any atom is -0.383 e. The molecule has 8 nitrogen and oxygen atoms in total. The molecule has 0 bridgehead atoms. The molecule has 1 aliphatic heterocycles. The number of amides is 2. The highest BCUT2D eigenvalue weighted by molar-refractivity contribution is 5.98. The molecular weight excluding hydrogens is 487 g/mol. The summed E-state index contributed by atoms with van der Waals surface area (Å²) in [5.41, 5.74) is 12.6. The van der Waals surface area contributed by atoms with E-state index in [1.807, 2.05) is 13.0 Å².